The molecule has 1 atom stereocenters. The lowest BCUT2D eigenvalue weighted by molar-refractivity contribution is -0.132. The van der Waals surface area contributed by atoms with Crippen molar-refractivity contribution in [1.82, 2.24) is 0 Å². The third-order valence-corrected chi connectivity index (χ3v) is 6.26. The average molecular weight is 456 g/mol. The lowest BCUT2D eigenvalue weighted by atomic mass is 9.99. The molecule has 0 saturated carbocycles. The molecule has 2 aromatic carbocycles. The largest absolute Gasteiger partial charge is 0.507 e. The molecule has 0 radical (unpaired) electrons. The first-order valence-electron chi connectivity index (χ1n) is 9.18. The van der Waals surface area contributed by atoms with Crippen LogP contribution in [0.25, 0.3) is 5.76 Å². The van der Waals surface area contributed by atoms with Gasteiger partial charge in [-0.05, 0) is 47.8 Å². The Kier molecular flexibility index (Phi) is 4.60. The van der Waals surface area contributed by atoms with E-state index in [1.54, 1.807) is 35.7 Å². The quantitative estimate of drug-likeness (QED) is 0.344. The normalized spacial score (nSPS) is 19.3. The zero-order chi connectivity index (χ0) is 21.7. The number of amides is 1. The van der Waals surface area contributed by atoms with Gasteiger partial charge >= 0.3 is 0 Å². The second kappa shape index (κ2) is 7.33. The van der Waals surface area contributed by atoms with Crippen LogP contribution < -0.4 is 14.4 Å². The number of hydrogen-bond donors (Lipinski definition) is 2. The number of nitrogens with zero attached hydrogens (tertiary/aromatic N) is 1. The molecule has 1 amide bonds. The van der Waals surface area contributed by atoms with Gasteiger partial charge in [0.05, 0.1) is 11.3 Å². The van der Waals surface area contributed by atoms with Gasteiger partial charge in [0.2, 0.25) is 6.79 Å². The predicted octanol–water partition coefficient (Wildman–Crippen LogP) is 4.46. The van der Waals surface area contributed by atoms with E-state index >= 15 is 0 Å². The number of carbonyl (C=O) groups excluding carboxylic acids is 2. The van der Waals surface area contributed by atoms with Crippen molar-refractivity contribution in [3.8, 4) is 17.2 Å². The van der Waals surface area contributed by atoms with Crippen LogP contribution in [0.4, 0.5) is 5.69 Å². The van der Waals surface area contributed by atoms with Crippen LogP contribution in [0.2, 0.25) is 5.02 Å². The topological polar surface area (TPSA) is 96.3 Å². The van der Waals surface area contributed by atoms with Crippen molar-refractivity contribution in [2.75, 3.05) is 11.7 Å². The molecule has 156 valence electrons. The van der Waals surface area contributed by atoms with Crippen molar-refractivity contribution in [2.45, 2.75) is 6.04 Å². The Labute approximate surface area is 185 Å². The molecule has 31 heavy (non-hydrogen) atoms. The van der Waals surface area contributed by atoms with Crippen LogP contribution in [0, 0.1) is 0 Å². The van der Waals surface area contributed by atoms with Gasteiger partial charge in [0.1, 0.15) is 17.6 Å². The van der Waals surface area contributed by atoms with E-state index in [-0.39, 0.29) is 34.6 Å². The van der Waals surface area contributed by atoms with Crippen molar-refractivity contribution < 1.29 is 29.3 Å². The van der Waals surface area contributed by atoms with Crippen molar-refractivity contribution in [3.05, 3.63) is 74.9 Å². The Morgan fingerprint density at radius 1 is 1.10 bits per heavy atom. The van der Waals surface area contributed by atoms with Gasteiger partial charge < -0.3 is 19.7 Å². The number of fused-ring (bicyclic) bond motifs is 1. The van der Waals surface area contributed by atoms with Crippen LogP contribution in [0.15, 0.2) is 59.5 Å². The van der Waals surface area contributed by atoms with Crippen LogP contribution in [0.3, 0.4) is 0 Å². The molecular formula is C22H14ClNO6S. The minimum atomic E-state index is -0.935. The summed E-state index contributed by atoms with van der Waals surface area (Å²) in [5.74, 6) is -1.35. The highest BCUT2D eigenvalue weighted by molar-refractivity contribution is 7.10. The van der Waals surface area contributed by atoms with Crippen molar-refractivity contribution in [2.24, 2.45) is 0 Å². The van der Waals surface area contributed by atoms with E-state index in [1.165, 1.54) is 29.5 Å². The van der Waals surface area contributed by atoms with Gasteiger partial charge in [0, 0.05) is 15.5 Å². The average Bonchev–Trinajstić information content (AvgIpc) is 3.50. The van der Waals surface area contributed by atoms with Gasteiger partial charge in [0.15, 0.2) is 11.5 Å². The number of benzene rings is 2. The van der Waals surface area contributed by atoms with E-state index in [0.29, 0.717) is 21.9 Å². The molecule has 1 aromatic heterocycles. The lowest BCUT2D eigenvalue weighted by Crippen LogP contribution is -2.29. The van der Waals surface area contributed by atoms with E-state index in [1.807, 2.05) is 0 Å². The summed E-state index contributed by atoms with van der Waals surface area (Å²) >= 11 is 7.40. The first-order chi connectivity index (χ1) is 15.0. The number of hydrogen-bond acceptors (Lipinski definition) is 7. The molecule has 0 spiro atoms. The highest BCUT2D eigenvalue weighted by Crippen LogP contribution is 2.47. The number of anilines is 1. The van der Waals surface area contributed by atoms with E-state index in [9.17, 15) is 19.8 Å². The maximum Gasteiger partial charge on any atom is 0.300 e. The number of carbonyl (C=O) groups is 2. The zero-order valence-electron chi connectivity index (χ0n) is 15.7. The monoisotopic (exact) mass is 455 g/mol. The molecule has 2 N–H and O–H groups in total. The molecule has 3 heterocycles. The van der Waals surface area contributed by atoms with Crippen molar-refractivity contribution in [1.29, 1.82) is 0 Å². The number of phenolic OH excluding ortho intramolecular Hbond substituents is 1. The molecule has 1 unspecified atom stereocenters. The number of aliphatic hydroxyl groups excluding tert-OH is 1. The zero-order valence-corrected chi connectivity index (χ0v) is 17.3. The van der Waals surface area contributed by atoms with Gasteiger partial charge in [0.25, 0.3) is 11.7 Å². The third kappa shape index (κ3) is 3.11. The molecule has 5 rings (SSSR count). The fourth-order valence-electron chi connectivity index (χ4n) is 3.69. The molecule has 0 aliphatic carbocycles. The Bertz CT molecular complexity index is 1250. The van der Waals surface area contributed by atoms with Gasteiger partial charge in [-0.25, -0.2) is 0 Å². The summed E-state index contributed by atoms with van der Waals surface area (Å²) in [6, 6.07) is 11.6. The maximum atomic E-state index is 13.1. The van der Waals surface area contributed by atoms with E-state index in [0.717, 1.165) is 4.90 Å². The fraction of sp³-hybridized carbons (Fsp3) is 0.0909. The van der Waals surface area contributed by atoms with Crippen LogP contribution in [0.5, 0.6) is 17.2 Å². The molecule has 2 aliphatic heterocycles. The Morgan fingerprint density at radius 3 is 2.68 bits per heavy atom. The summed E-state index contributed by atoms with van der Waals surface area (Å²) in [7, 11) is 0. The molecule has 9 heteroatoms. The van der Waals surface area contributed by atoms with Crippen LogP contribution in [-0.2, 0) is 9.59 Å². The first-order valence-corrected chi connectivity index (χ1v) is 10.4. The number of rotatable bonds is 3. The van der Waals surface area contributed by atoms with Gasteiger partial charge in [-0.15, -0.1) is 11.3 Å². The summed E-state index contributed by atoms with van der Waals surface area (Å²) in [5.41, 5.74) is 0.294. The molecular weight excluding hydrogens is 442 g/mol. The summed E-state index contributed by atoms with van der Waals surface area (Å²) in [6.45, 7) is 0.0627. The molecule has 1 saturated heterocycles. The number of aliphatic hydroxyl groups is 1. The maximum absolute atomic E-state index is 13.1. The number of ketones is 1. The van der Waals surface area contributed by atoms with E-state index in [4.69, 9.17) is 21.1 Å². The number of halogens is 1. The molecule has 0 bridgehead atoms. The number of aromatic hydroxyl groups is 1. The Morgan fingerprint density at radius 2 is 1.90 bits per heavy atom. The number of phenols is 1. The summed E-state index contributed by atoms with van der Waals surface area (Å²) in [5, 5.41) is 23.6. The Balaban J connectivity index is 1.71. The third-order valence-electron chi connectivity index (χ3n) is 5.10. The van der Waals surface area contributed by atoms with Gasteiger partial charge in [-0.3, -0.25) is 14.5 Å². The van der Waals surface area contributed by atoms with Gasteiger partial charge in [-0.1, -0.05) is 17.7 Å². The second-order valence-corrected chi connectivity index (χ2v) is 8.30. The number of thiophene rings is 1. The number of ether oxygens (including phenoxy) is 2. The molecule has 1 fully saturated rings. The highest BCUT2D eigenvalue weighted by Gasteiger charge is 2.48. The summed E-state index contributed by atoms with van der Waals surface area (Å²) in [6.07, 6.45) is 0. The SMILES string of the molecule is O=C1C(=O)N(c2cc(Cl)ccc2O)C(c2cccs2)/C1=C(/O)c1ccc2c(c1)OCO2. The Hall–Kier alpha value is -3.49. The second-order valence-electron chi connectivity index (χ2n) is 6.89. The smallest absolute Gasteiger partial charge is 0.300 e. The van der Waals surface area contributed by atoms with Gasteiger partial charge in [-0.2, -0.15) is 0 Å². The highest BCUT2D eigenvalue weighted by atomic mass is 35.5. The van der Waals surface area contributed by atoms with Crippen molar-refractivity contribution in [3.63, 3.8) is 0 Å². The number of Topliss-reactive ketones (excluding diaryl/α,β-unsaturated/α-hetero) is 1. The van der Waals surface area contributed by atoms with E-state index < -0.39 is 17.7 Å². The summed E-state index contributed by atoms with van der Waals surface area (Å²) in [4.78, 5) is 27.9. The minimum Gasteiger partial charge on any atom is -0.507 e. The minimum absolute atomic E-state index is 0.0627. The standard InChI is InChI=1S/C22H14ClNO6S/c23-12-4-5-14(25)13(9-12)24-19(17-2-1-7-31-17)18(21(27)22(24)28)20(26)11-3-6-15-16(8-11)30-10-29-15/h1-9,19,25-26H,10H2/b20-18-. The van der Waals surface area contributed by atoms with Crippen LogP contribution in [0.1, 0.15) is 16.5 Å². The first kappa shape index (κ1) is 19.5. The van der Waals surface area contributed by atoms with Crippen molar-refractivity contribution >= 4 is 46.1 Å². The van der Waals surface area contributed by atoms with Crippen LogP contribution in [-0.4, -0.2) is 28.7 Å². The van der Waals surface area contributed by atoms with Crippen LogP contribution >= 0.6 is 22.9 Å². The fourth-order valence-corrected chi connectivity index (χ4v) is 4.68. The lowest BCUT2D eigenvalue weighted by Gasteiger charge is -2.25. The molecule has 2 aliphatic rings. The van der Waals surface area contributed by atoms with E-state index in [2.05, 4.69) is 0 Å². The predicted molar refractivity (Wildman–Crippen MR) is 115 cm³/mol. The molecule has 7 nitrogen and oxygen atoms in total. The molecule has 3 aromatic rings. The summed E-state index contributed by atoms with van der Waals surface area (Å²) < 4.78 is 10.6.